The van der Waals surface area contributed by atoms with Gasteiger partial charge in [0.2, 0.25) is 5.91 Å². The molecule has 1 fully saturated rings. The van der Waals surface area contributed by atoms with Gasteiger partial charge in [-0.1, -0.05) is 6.42 Å². The average Bonchev–Trinajstić information content (AvgIpc) is 3.12. The summed E-state index contributed by atoms with van der Waals surface area (Å²) in [6, 6.07) is 5.92. The van der Waals surface area contributed by atoms with E-state index in [0.717, 1.165) is 38.2 Å². The fraction of sp³-hybridized carbons (Fsp3) is 0.364. The quantitative estimate of drug-likeness (QED) is 0.497. The molecule has 174 valence electrons. The topological polar surface area (TPSA) is 127 Å². The summed E-state index contributed by atoms with van der Waals surface area (Å²) in [5.41, 5.74) is 1.33. The van der Waals surface area contributed by atoms with Gasteiger partial charge in [0.05, 0.1) is 10.3 Å². The maximum Gasteiger partial charge on any atom is 0.348 e. The monoisotopic (exact) mass is 488 g/mol. The van der Waals surface area contributed by atoms with Crippen LogP contribution in [0, 0.1) is 6.92 Å². The summed E-state index contributed by atoms with van der Waals surface area (Å²) in [6.45, 7) is 2.98. The largest absolute Gasteiger partial charge is 0.458 e. The molecule has 4 rings (SSSR count). The van der Waals surface area contributed by atoms with Gasteiger partial charge in [0.25, 0.3) is 10.0 Å². The van der Waals surface area contributed by atoms with Crippen LogP contribution < -0.4 is 10.0 Å². The molecule has 2 aromatic heterocycles. The SMILES string of the molecule is CC(=O)NS(=O)(=O)c1ccc(Nc2ncnc3sc(C(=O)OC4CCCCC4)c(C)c23)cc1. The Morgan fingerprint density at radius 3 is 2.45 bits per heavy atom. The fourth-order valence-corrected chi connectivity index (χ4v) is 5.87. The summed E-state index contributed by atoms with van der Waals surface area (Å²) < 4.78 is 31.9. The van der Waals surface area contributed by atoms with Crippen LogP contribution in [0.2, 0.25) is 0 Å². The zero-order valence-corrected chi connectivity index (χ0v) is 19.9. The highest BCUT2D eigenvalue weighted by atomic mass is 32.2. The summed E-state index contributed by atoms with van der Waals surface area (Å²) in [7, 11) is -3.91. The van der Waals surface area contributed by atoms with Crippen molar-refractivity contribution >= 4 is 55.0 Å². The van der Waals surface area contributed by atoms with Crippen molar-refractivity contribution in [3.05, 3.63) is 41.0 Å². The zero-order chi connectivity index (χ0) is 23.6. The van der Waals surface area contributed by atoms with Crippen molar-refractivity contribution in [2.75, 3.05) is 5.32 Å². The predicted octanol–water partition coefficient (Wildman–Crippen LogP) is 4.06. The van der Waals surface area contributed by atoms with Gasteiger partial charge >= 0.3 is 5.97 Å². The molecule has 1 aliphatic carbocycles. The Bertz CT molecular complexity index is 1300. The Hall–Kier alpha value is -3.05. The number of nitrogens with one attached hydrogen (secondary N) is 2. The van der Waals surface area contributed by atoms with Gasteiger partial charge < -0.3 is 10.1 Å². The molecule has 1 aromatic carbocycles. The Balaban J connectivity index is 1.57. The average molecular weight is 489 g/mol. The van der Waals surface area contributed by atoms with Crippen LogP contribution in [0.3, 0.4) is 0 Å². The lowest BCUT2D eigenvalue weighted by Gasteiger charge is -2.21. The molecule has 0 radical (unpaired) electrons. The summed E-state index contributed by atoms with van der Waals surface area (Å²) in [4.78, 5) is 33.7. The summed E-state index contributed by atoms with van der Waals surface area (Å²) in [5.74, 6) is -0.491. The van der Waals surface area contributed by atoms with E-state index >= 15 is 0 Å². The summed E-state index contributed by atoms with van der Waals surface area (Å²) in [6.07, 6.45) is 6.51. The van der Waals surface area contributed by atoms with E-state index in [1.807, 2.05) is 11.6 Å². The Morgan fingerprint density at radius 2 is 1.79 bits per heavy atom. The minimum atomic E-state index is -3.91. The smallest absolute Gasteiger partial charge is 0.348 e. The van der Waals surface area contributed by atoms with E-state index < -0.39 is 15.9 Å². The van der Waals surface area contributed by atoms with Gasteiger partial charge in [-0.2, -0.15) is 0 Å². The van der Waals surface area contributed by atoms with Crippen LogP contribution in [0.15, 0.2) is 35.5 Å². The second-order valence-electron chi connectivity index (χ2n) is 7.94. The van der Waals surface area contributed by atoms with Gasteiger partial charge in [-0.15, -0.1) is 11.3 Å². The van der Waals surface area contributed by atoms with Crippen LogP contribution in [-0.4, -0.2) is 36.4 Å². The molecule has 1 saturated carbocycles. The number of benzene rings is 1. The van der Waals surface area contributed by atoms with Crippen LogP contribution in [0.4, 0.5) is 11.5 Å². The highest BCUT2D eigenvalue weighted by Crippen LogP contribution is 2.35. The lowest BCUT2D eigenvalue weighted by Crippen LogP contribution is -2.28. The van der Waals surface area contributed by atoms with Gasteiger partial charge in [-0.05, 0) is 62.4 Å². The van der Waals surface area contributed by atoms with Gasteiger partial charge in [0, 0.05) is 12.6 Å². The zero-order valence-electron chi connectivity index (χ0n) is 18.3. The Kier molecular flexibility index (Phi) is 6.61. The lowest BCUT2D eigenvalue weighted by atomic mass is 9.98. The molecule has 0 aliphatic heterocycles. The van der Waals surface area contributed by atoms with E-state index in [1.54, 1.807) is 12.1 Å². The summed E-state index contributed by atoms with van der Waals surface area (Å²) >= 11 is 1.27. The maximum absolute atomic E-state index is 12.8. The number of aromatic nitrogens is 2. The molecule has 2 N–H and O–H groups in total. The number of fused-ring (bicyclic) bond motifs is 1. The van der Waals surface area contributed by atoms with Crippen molar-refractivity contribution in [3.63, 3.8) is 0 Å². The highest BCUT2D eigenvalue weighted by Gasteiger charge is 2.24. The van der Waals surface area contributed by atoms with E-state index in [2.05, 4.69) is 15.3 Å². The molecule has 0 saturated heterocycles. The predicted molar refractivity (Wildman–Crippen MR) is 125 cm³/mol. The van der Waals surface area contributed by atoms with Crippen LogP contribution in [-0.2, 0) is 19.6 Å². The minimum Gasteiger partial charge on any atom is -0.458 e. The molecule has 11 heteroatoms. The Morgan fingerprint density at radius 1 is 1.09 bits per heavy atom. The molecule has 3 aromatic rings. The van der Waals surface area contributed by atoms with Crippen molar-refractivity contribution < 1.29 is 22.7 Å². The molecule has 2 heterocycles. The molecule has 9 nitrogen and oxygen atoms in total. The molecule has 1 amide bonds. The van der Waals surface area contributed by atoms with Crippen molar-refractivity contribution in [1.29, 1.82) is 0 Å². The highest BCUT2D eigenvalue weighted by molar-refractivity contribution is 7.90. The molecule has 0 unspecified atom stereocenters. The van der Waals surface area contributed by atoms with Crippen molar-refractivity contribution in [2.45, 2.75) is 57.0 Å². The van der Waals surface area contributed by atoms with Gasteiger partial charge in [0.15, 0.2) is 0 Å². The molecular formula is C22H24N4O5S2. The van der Waals surface area contributed by atoms with Crippen LogP contribution in [0.25, 0.3) is 10.2 Å². The molecular weight excluding hydrogens is 464 g/mol. The number of aryl methyl sites for hydroxylation is 1. The van der Waals surface area contributed by atoms with Gasteiger partial charge in [0.1, 0.15) is 28.0 Å². The lowest BCUT2D eigenvalue weighted by molar-refractivity contribution is -0.117. The second-order valence-corrected chi connectivity index (χ2v) is 10.6. The number of thiophene rings is 1. The first kappa shape index (κ1) is 23.1. The van der Waals surface area contributed by atoms with E-state index in [-0.39, 0.29) is 17.0 Å². The molecule has 0 spiro atoms. The first-order valence-corrected chi connectivity index (χ1v) is 12.9. The number of ether oxygens (including phenoxy) is 1. The van der Waals surface area contributed by atoms with Crippen molar-refractivity contribution in [3.8, 4) is 0 Å². The second kappa shape index (κ2) is 9.44. The number of nitrogens with zero attached hydrogens (tertiary/aromatic N) is 2. The first-order chi connectivity index (χ1) is 15.7. The molecule has 0 bridgehead atoms. The third-order valence-corrected chi connectivity index (χ3v) is 8.07. The molecule has 33 heavy (non-hydrogen) atoms. The van der Waals surface area contributed by atoms with Crippen LogP contribution >= 0.6 is 11.3 Å². The van der Waals surface area contributed by atoms with E-state index in [9.17, 15) is 18.0 Å². The maximum atomic E-state index is 12.8. The number of carbonyl (C=O) groups is 2. The first-order valence-electron chi connectivity index (χ1n) is 10.6. The molecule has 1 aliphatic rings. The standard InChI is InChI=1S/C22H24N4O5S2/c1-13-18-20(25-15-8-10-17(11-9-15)33(29,30)26-14(2)27)23-12-24-21(18)32-19(13)22(28)31-16-6-4-3-5-7-16/h8-12,16H,3-7H2,1-2H3,(H,26,27)(H,23,24,25). The normalized spacial score (nSPS) is 14.7. The fourth-order valence-electron chi connectivity index (χ4n) is 3.85. The number of carbonyl (C=O) groups excluding carboxylic acids is 2. The number of hydrogen-bond acceptors (Lipinski definition) is 9. The van der Waals surface area contributed by atoms with Gasteiger partial charge in [-0.25, -0.2) is 27.9 Å². The third kappa shape index (κ3) is 5.14. The molecule has 0 atom stereocenters. The van der Waals surface area contributed by atoms with E-state index in [0.29, 0.717) is 26.6 Å². The number of rotatable bonds is 6. The number of anilines is 2. The van der Waals surface area contributed by atoms with Crippen LogP contribution in [0.5, 0.6) is 0 Å². The van der Waals surface area contributed by atoms with Crippen LogP contribution in [0.1, 0.15) is 54.3 Å². The number of amides is 1. The number of sulfonamides is 1. The van der Waals surface area contributed by atoms with Gasteiger partial charge in [-0.3, -0.25) is 4.79 Å². The minimum absolute atomic E-state index is 0.0319. The summed E-state index contributed by atoms with van der Waals surface area (Å²) in [5, 5.41) is 3.88. The van der Waals surface area contributed by atoms with Crippen molar-refractivity contribution in [1.82, 2.24) is 14.7 Å². The number of esters is 1. The van der Waals surface area contributed by atoms with E-state index in [4.69, 9.17) is 4.74 Å². The number of hydrogen-bond donors (Lipinski definition) is 2. The Labute approximate surface area is 195 Å². The third-order valence-electron chi connectivity index (χ3n) is 5.44. The van der Waals surface area contributed by atoms with E-state index in [1.165, 1.54) is 36.2 Å². The van der Waals surface area contributed by atoms with Crippen molar-refractivity contribution in [2.24, 2.45) is 0 Å².